The smallest absolute Gasteiger partial charge is 0.416 e. The lowest BCUT2D eigenvalue weighted by Gasteiger charge is -2.15. The fourth-order valence-electron chi connectivity index (χ4n) is 9.09. The Hall–Kier alpha value is -7.19. The summed E-state index contributed by atoms with van der Waals surface area (Å²) in [6.45, 7) is 5.10. The first-order valence-corrected chi connectivity index (χ1v) is 26.1. The monoisotopic (exact) mass is 1190 g/mol. The number of aryl methyl sites for hydroxylation is 3. The summed E-state index contributed by atoms with van der Waals surface area (Å²) in [5.41, 5.74) is 7.30. The van der Waals surface area contributed by atoms with Crippen LogP contribution in [0.5, 0.6) is 0 Å². The number of hydrogen-bond donors (Lipinski definition) is 2. The van der Waals surface area contributed by atoms with E-state index in [9.17, 15) is 49.1 Å². The fourth-order valence-corrected chi connectivity index (χ4v) is 9.09. The Morgan fingerprint density at radius 3 is 1.20 bits per heavy atom. The van der Waals surface area contributed by atoms with Gasteiger partial charge in [-0.05, 0) is 135 Å². The van der Waals surface area contributed by atoms with E-state index >= 15 is 0 Å². The van der Waals surface area contributed by atoms with Crippen LogP contribution in [0.1, 0.15) is 134 Å². The third-order valence-corrected chi connectivity index (χ3v) is 13.2. The van der Waals surface area contributed by atoms with E-state index in [2.05, 4.69) is 0 Å². The first kappa shape index (κ1) is 60.4. The Kier molecular flexibility index (Phi) is 23.3. The Balaban J connectivity index is 0.000000261. The number of benzene rings is 9. The molecule has 0 saturated carbocycles. The summed E-state index contributed by atoms with van der Waals surface area (Å²) < 4.78 is 156. The number of halogens is 11. The maximum absolute atomic E-state index is 12.9. The highest BCUT2D eigenvalue weighted by Gasteiger charge is 2.32. The van der Waals surface area contributed by atoms with Crippen LogP contribution in [0, 0.1) is 0 Å². The second-order valence-corrected chi connectivity index (χ2v) is 19.5. The molecule has 0 amide bonds. The molecule has 0 radical (unpaired) electrons. The van der Waals surface area contributed by atoms with Crippen LogP contribution in [-0.4, -0.2) is 16.9 Å². The van der Waals surface area contributed by atoms with E-state index in [1.807, 2.05) is 127 Å². The predicted octanol–water partition coefficient (Wildman–Crippen LogP) is 20.4. The van der Waals surface area contributed by atoms with Gasteiger partial charge in [-0.3, -0.25) is 9.59 Å². The zero-order valence-electron chi connectivity index (χ0n) is 50.8. The van der Waals surface area contributed by atoms with Gasteiger partial charge < -0.3 is 10.8 Å². The molecule has 15 heteroatoms. The molecule has 9 rings (SSSR count). The van der Waals surface area contributed by atoms with E-state index in [4.69, 9.17) is 17.7 Å². The molecule has 0 spiro atoms. The highest BCUT2D eigenvalue weighted by Crippen LogP contribution is 2.34. The molecule has 4 nitrogen and oxygen atoms in total. The van der Waals surface area contributed by atoms with Crippen molar-refractivity contribution in [1.29, 1.82) is 0 Å². The van der Waals surface area contributed by atoms with E-state index in [1.54, 1.807) is 32.9 Å². The first-order chi connectivity index (χ1) is 40.1. The Morgan fingerprint density at radius 2 is 0.807 bits per heavy atom. The number of rotatable bonds is 16. The number of aliphatic carboxylic acids is 1. The summed E-state index contributed by atoms with van der Waals surface area (Å²) in [7, 11) is 0. The van der Waals surface area contributed by atoms with Crippen molar-refractivity contribution in [1.82, 2.24) is 0 Å². The van der Waals surface area contributed by atoms with Crippen LogP contribution < -0.4 is 5.73 Å². The maximum Gasteiger partial charge on any atom is 0.416 e. The van der Waals surface area contributed by atoms with Crippen LogP contribution in [0.2, 0.25) is 0 Å². The van der Waals surface area contributed by atoms with Crippen molar-refractivity contribution in [2.24, 2.45) is 5.73 Å². The molecular weight excluding hydrogens is 1120 g/mol. The average molecular weight is 1190 g/mol. The molecule has 3 N–H and O–H groups in total. The molecule has 3 atom stereocenters. The Morgan fingerprint density at radius 1 is 0.470 bits per heavy atom. The number of hydrogen-bond acceptors (Lipinski definition) is 3. The lowest BCUT2D eigenvalue weighted by atomic mass is 9.90. The minimum Gasteiger partial charge on any atom is -0.481 e. The molecule has 0 heterocycles. The third kappa shape index (κ3) is 21.2. The molecule has 0 aliphatic carbocycles. The molecule has 0 aliphatic rings. The summed E-state index contributed by atoms with van der Waals surface area (Å²) in [6.07, 6.45) is -14.4. The van der Waals surface area contributed by atoms with E-state index in [1.165, 1.54) is 24.3 Å². The van der Waals surface area contributed by atoms with Gasteiger partial charge in [-0.25, -0.2) is 0 Å². The second kappa shape index (κ2) is 32.0. The van der Waals surface area contributed by atoms with Crippen LogP contribution in [-0.2, 0) is 47.4 Å². The molecule has 0 aromatic heterocycles. The van der Waals surface area contributed by atoms with Crippen molar-refractivity contribution in [3.63, 3.8) is 0 Å². The van der Waals surface area contributed by atoms with E-state index in [-0.39, 0.29) is 82.0 Å². The standard InChI is InChI=1S/C23H21F3O.C23H23F3.C12H13N.C10H9F3O2.2ClH/c1-16(21-11-5-8-18-7-2-3-10-22(18)21)14-20(27)13-12-17-6-4-9-19(15-17)23(24,25)26;1-17(21-15-7-12-19-11-4-5-14-22(19)21)8-2-3-9-18-10-6-13-20(16-18)23(24,25)26;1-9(13)11-8-4-6-10-5-2-3-7-12(10)11;11-10(12,13)8-3-1-2-7(6-8)4-5-9(14)15;;/h2-11,15-16H,12-14H2,1H3;4-7,10-17H,2-3,8-9H2,1H3;2-9H,13H2,1H3;1-3,6H,4-5H2,(H,14,15);2*1H/t16-;17-;9-;;;/m001.../s1/i16D;2D2,17D;9D;;;. The Bertz CT molecular complexity index is 3740. The van der Waals surface area contributed by atoms with E-state index in [0.717, 1.165) is 85.4 Å². The zero-order chi connectivity index (χ0) is 63.3. The van der Waals surface area contributed by atoms with Crippen LogP contribution in [0.25, 0.3) is 32.3 Å². The molecule has 0 bridgehead atoms. The van der Waals surface area contributed by atoms with Crippen LogP contribution in [0.4, 0.5) is 39.5 Å². The average Bonchev–Trinajstić information content (AvgIpc) is 3.63. The minimum atomic E-state index is -4.41. The SMILES string of the molecule is Cl.Cl.O=C(O)CCc1cccc(C(F)(F)F)c1.[2H]C([2H])(CCc1cccc(C(F)(F)F)c1)C[C@]([2H])(C)c1cccc2ccccc12.[2H][C@](C)(CC(=O)CCc1cccc(C(F)(F)F)c1)c1cccc2ccccc12.[2H][C@](C)(N)c1cccc2ccccc12. The predicted molar refractivity (Wildman–Crippen MR) is 322 cm³/mol. The van der Waals surface area contributed by atoms with Gasteiger partial charge in [-0.1, -0.05) is 202 Å². The molecule has 9 aromatic carbocycles. The summed E-state index contributed by atoms with van der Waals surface area (Å²) in [6, 6.07) is 54.4. The van der Waals surface area contributed by atoms with Crippen molar-refractivity contribution in [2.45, 2.75) is 115 Å². The number of alkyl halides is 9. The van der Waals surface area contributed by atoms with Crippen molar-refractivity contribution in [3.8, 4) is 0 Å². The van der Waals surface area contributed by atoms with Crippen molar-refractivity contribution in [3.05, 3.63) is 250 Å². The zero-order valence-corrected chi connectivity index (χ0v) is 47.4. The first-order valence-electron chi connectivity index (χ1n) is 28.6. The highest BCUT2D eigenvalue weighted by molar-refractivity contribution is 5.88. The van der Waals surface area contributed by atoms with Crippen molar-refractivity contribution < 1.29 is 61.1 Å². The van der Waals surface area contributed by atoms with Gasteiger partial charge in [0.2, 0.25) is 0 Å². The molecule has 83 heavy (non-hydrogen) atoms. The lowest BCUT2D eigenvalue weighted by molar-refractivity contribution is -0.138. The minimum absolute atomic E-state index is 0. The van der Waals surface area contributed by atoms with Gasteiger partial charge in [0.1, 0.15) is 5.78 Å². The van der Waals surface area contributed by atoms with Crippen LogP contribution >= 0.6 is 24.8 Å². The van der Waals surface area contributed by atoms with Crippen LogP contribution in [0.15, 0.2) is 200 Å². The number of fused-ring (bicyclic) bond motifs is 3. The fraction of sp³-hybridized carbons (Fsp3) is 0.265. The molecule has 9 aromatic rings. The van der Waals surface area contributed by atoms with Crippen LogP contribution in [0.3, 0.4) is 0 Å². The maximum atomic E-state index is 12.9. The lowest BCUT2D eigenvalue weighted by Crippen LogP contribution is -2.08. The second-order valence-electron chi connectivity index (χ2n) is 19.5. The summed E-state index contributed by atoms with van der Waals surface area (Å²) >= 11 is 0. The summed E-state index contributed by atoms with van der Waals surface area (Å²) in [4.78, 5) is 22.7. The van der Waals surface area contributed by atoms with Gasteiger partial charge in [0.25, 0.3) is 0 Å². The number of carbonyl (C=O) groups is 2. The number of Topliss-reactive ketones (excluding diaryl/α,β-unsaturated/α-hetero) is 1. The van der Waals surface area contributed by atoms with Gasteiger partial charge in [0, 0.05) is 30.8 Å². The molecule has 0 aliphatic heterocycles. The largest absolute Gasteiger partial charge is 0.481 e. The Labute approximate surface area is 498 Å². The quantitative estimate of drug-likeness (QED) is 0.0945. The molecule has 0 unspecified atom stereocenters. The molecule has 440 valence electrons. The molecular formula is C68H68Cl2F9NO3. The summed E-state index contributed by atoms with van der Waals surface area (Å²) in [5, 5.41) is 14.4. The van der Waals surface area contributed by atoms with Crippen molar-refractivity contribution in [2.75, 3.05) is 0 Å². The third-order valence-electron chi connectivity index (χ3n) is 13.2. The number of carboxylic acids is 1. The van der Waals surface area contributed by atoms with Gasteiger partial charge in [-0.15, -0.1) is 24.8 Å². The van der Waals surface area contributed by atoms with Gasteiger partial charge >= 0.3 is 24.5 Å². The number of ketones is 1. The van der Waals surface area contributed by atoms with Crippen molar-refractivity contribution >= 4 is 68.9 Å². The number of carbonyl (C=O) groups excluding carboxylic acids is 1. The highest BCUT2D eigenvalue weighted by atomic mass is 35.5. The molecule has 0 fully saturated rings. The van der Waals surface area contributed by atoms with E-state index < -0.39 is 65.4 Å². The van der Waals surface area contributed by atoms with Gasteiger partial charge in [-0.2, -0.15) is 39.5 Å². The number of nitrogens with two attached hydrogens (primary N) is 1. The van der Waals surface area contributed by atoms with E-state index in [0.29, 0.717) is 16.7 Å². The summed E-state index contributed by atoms with van der Waals surface area (Å²) in [5.74, 6) is -3.43. The van der Waals surface area contributed by atoms with Gasteiger partial charge in [0.15, 0.2) is 0 Å². The molecule has 0 saturated heterocycles. The van der Waals surface area contributed by atoms with Gasteiger partial charge in [0.05, 0.1) is 18.1 Å². The normalized spacial score (nSPS) is 14.6. The topological polar surface area (TPSA) is 80.4 Å². The number of carboxylic acid groups (broad SMARTS) is 1.